The molecule has 192 valence electrons. The number of ketones is 1. The quantitative estimate of drug-likeness (QED) is 0.392. The van der Waals surface area contributed by atoms with Crippen LogP contribution in [0.2, 0.25) is 0 Å². The molecule has 2 aromatic carbocycles. The van der Waals surface area contributed by atoms with Crippen molar-refractivity contribution in [3.63, 3.8) is 0 Å². The Kier molecular flexibility index (Phi) is 9.17. The molecular weight excluding hydrogens is 519 g/mol. The Morgan fingerprint density at radius 2 is 1.66 bits per heavy atom. The van der Waals surface area contributed by atoms with Gasteiger partial charge in [-0.25, -0.2) is 4.39 Å². The molecule has 0 amide bonds. The molecule has 0 unspecified atom stereocenters. The number of ether oxygens (including phenoxy) is 3. The van der Waals surface area contributed by atoms with Crippen LogP contribution < -0.4 is 14.2 Å². The number of carbonyl (C=O) groups is 1. The zero-order chi connectivity index (χ0) is 25.2. The van der Waals surface area contributed by atoms with Crippen LogP contribution in [0.5, 0.6) is 23.0 Å². The second kappa shape index (κ2) is 11.3. The molecule has 0 spiro atoms. The summed E-state index contributed by atoms with van der Waals surface area (Å²) in [6, 6.07) is 4.86. The van der Waals surface area contributed by atoms with Gasteiger partial charge in [-0.1, -0.05) is 20.8 Å². The average Bonchev–Trinajstić information content (AvgIpc) is 3.06. The number of aromatic hydroxyl groups is 1. The van der Waals surface area contributed by atoms with Crippen LogP contribution in [0.15, 0.2) is 18.2 Å². The van der Waals surface area contributed by atoms with Gasteiger partial charge in [-0.15, -0.1) is 17.0 Å². The van der Waals surface area contributed by atoms with Crippen LogP contribution >= 0.6 is 17.0 Å². The van der Waals surface area contributed by atoms with Gasteiger partial charge in [-0.2, -0.15) is 0 Å². The minimum Gasteiger partial charge on any atom is -0.504 e. The van der Waals surface area contributed by atoms with Gasteiger partial charge in [-0.3, -0.25) is 10.2 Å². The smallest absolute Gasteiger partial charge is 0.197 e. The number of halogens is 2. The molecule has 0 saturated heterocycles. The van der Waals surface area contributed by atoms with Crippen molar-refractivity contribution in [1.82, 2.24) is 4.90 Å². The molecule has 0 radical (unpaired) electrons. The molecule has 35 heavy (non-hydrogen) atoms. The van der Waals surface area contributed by atoms with E-state index >= 15 is 4.39 Å². The summed E-state index contributed by atoms with van der Waals surface area (Å²) in [5.74, 6) is -0.467. The summed E-state index contributed by atoms with van der Waals surface area (Å²) in [5, 5.41) is 19.2. The van der Waals surface area contributed by atoms with Crippen LogP contribution in [0.3, 0.4) is 0 Å². The van der Waals surface area contributed by atoms with Crippen LogP contribution in [0, 0.1) is 11.2 Å². The molecule has 2 aromatic rings. The minimum atomic E-state index is -0.652. The summed E-state index contributed by atoms with van der Waals surface area (Å²) >= 11 is 0. The SMILES string of the molecule is Br.CCOc1cc(C(=O)CN2Cc3cc(OCC)c(OCC)c(F)c3C2=N)cc(C(C)(C)C)c1O. The van der Waals surface area contributed by atoms with Crippen LogP contribution in [0.25, 0.3) is 0 Å². The van der Waals surface area contributed by atoms with Gasteiger partial charge in [0, 0.05) is 17.7 Å². The molecule has 2 N–H and O–H groups in total. The monoisotopic (exact) mass is 552 g/mol. The highest BCUT2D eigenvalue weighted by Gasteiger charge is 2.33. The molecule has 0 aliphatic carbocycles. The number of fused-ring (bicyclic) bond motifs is 1. The van der Waals surface area contributed by atoms with E-state index in [-0.39, 0.29) is 76.9 Å². The highest BCUT2D eigenvalue weighted by molar-refractivity contribution is 8.93. The van der Waals surface area contributed by atoms with Crippen molar-refractivity contribution in [2.75, 3.05) is 26.4 Å². The molecule has 0 bridgehead atoms. The lowest BCUT2D eigenvalue weighted by molar-refractivity contribution is 0.0962. The summed E-state index contributed by atoms with van der Waals surface area (Å²) < 4.78 is 31.9. The van der Waals surface area contributed by atoms with Gasteiger partial charge in [-0.05, 0) is 49.9 Å². The fraction of sp³-hybridized carbons (Fsp3) is 0.462. The Hall–Kier alpha value is -2.81. The summed E-state index contributed by atoms with van der Waals surface area (Å²) in [7, 11) is 0. The number of phenols is 1. The molecule has 1 aliphatic heterocycles. The first-order valence-electron chi connectivity index (χ1n) is 11.5. The Labute approximate surface area is 216 Å². The number of nitrogens with one attached hydrogen (secondary N) is 1. The van der Waals surface area contributed by atoms with E-state index in [0.29, 0.717) is 29.9 Å². The van der Waals surface area contributed by atoms with Gasteiger partial charge >= 0.3 is 0 Å². The van der Waals surface area contributed by atoms with E-state index in [1.54, 1.807) is 32.9 Å². The Morgan fingerprint density at radius 1 is 1.06 bits per heavy atom. The molecule has 7 nitrogen and oxygen atoms in total. The second-order valence-electron chi connectivity index (χ2n) is 9.10. The molecule has 0 aromatic heterocycles. The first-order chi connectivity index (χ1) is 16.0. The van der Waals surface area contributed by atoms with Crippen molar-refractivity contribution in [1.29, 1.82) is 5.41 Å². The number of nitrogens with zero attached hydrogens (tertiary/aromatic N) is 1. The van der Waals surface area contributed by atoms with Gasteiger partial charge < -0.3 is 24.2 Å². The summed E-state index contributed by atoms with van der Waals surface area (Å²) in [5.41, 5.74) is 1.22. The number of Topliss-reactive ketones (excluding diaryl/α,β-unsaturated/α-hetero) is 1. The molecule has 0 atom stereocenters. The molecule has 0 saturated carbocycles. The third kappa shape index (κ3) is 5.72. The molecule has 9 heteroatoms. The van der Waals surface area contributed by atoms with E-state index in [0.717, 1.165) is 0 Å². The number of hydrogen-bond donors (Lipinski definition) is 2. The van der Waals surface area contributed by atoms with E-state index in [2.05, 4.69) is 0 Å². The van der Waals surface area contributed by atoms with E-state index in [1.807, 2.05) is 20.8 Å². The lowest BCUT2D eigenvalue weighted by atomic mass is 9.84. The fourth-order valence-corrected chi connectivity index (χ4v) is 4.03. The Balaban J connectivity index is 0.00000432. The van der Waals surface area contributed by atoms with Gasteiger partial charge in [0.2, 0.25) is 0 Å². The average molecular weight is 553 g/mol. The molecule has 3 rings (SSSR count). The number of phenolic OH excluding ortho intramolecular Hbond substituents is 1. The van der Waals surface area contributed by atoms with Gasteiger partial charge in [0.1, 0.15) is 5.84 Å². The number of amidine groups is 1. The van der Waals surface area contributed by atoms with Crippen molar-refractivity contribution >= 4 is 28.6 Å². The van der Waals surface area contributed by atoms with Crippen molar-refractivity contribution in [3.05, 3.63) is 46.3 Å². The third-order valence-corrected chi connectivity index (χ3v) is 5.61. The van der Waals surface area contributed by atoms with Crippen molar-refractivity contribution in [3.8, 4) is 23.0 Å². The Morgan fingerprint density at radius 3 is 2.23 bits per heavy atom. The van der Waals surface area contributed by atoms with E-state index in [4.69, 9.17) is 19.6 Å². The lowest BCUT2D eigenvalue weighted by Gasteiger charge is -2.23. The van der Waals surface area contributed by atoms with E-state index in [9.17, 15) is 9.90 Å². The lowest BCUT2D eigenvalue weighted by Crippen LogP contribution is -2.30. The normalized spacial score (nSPS) is 12.8. The van der Waals surface area contributed by atoms with Crippen LogP contribution in [-0.4, -0.2) is 48.0 Å². The maximum atomic E-state index is 15.3. The zero-order valence-corrected chi connectivity index (χ0v) is 22.8. The van der Waals surface area contributed by atoms with Gasteiger partial charge in [0.15, 0.2) is 34.6 Å². The number of carbonyl (C=O) groups excluding carboxylic acids is 1. The second-order valence-corrected chi connectivity index (χ2v) is 9.10. The molecule has 0 fully saturated rings. The summed E-state index contributed by atoms with van der Waals surface area (Å²) in [6.45, 7) is 12.2. The van der Waals surface area contributed by atoms with Crippen LogP contribution in [0.1, 0.15) is 68.6 Å². The fourth-order valence-electron chi connectivity index (χ4n) is 4.03. The van der Waals surface area contributed by atoms with E-state index < -0.39 is 11.2 Å². The van der Waals surface area contributed by atoms with Gasteiger partial charge in [0.25, 0.3) is 0 Å². The predicted molar refractivity (Wildman–Crippen MR) is 139 cm³/mol. The van der Waals surface area contributed by atoms with Crippen LogP contribution in [0.4, 0.5) is 4.39 Å². The first kappa shape index (κ1) is 28.4. The molecule has 1 aliphatic rings. The number of hydrogen-bond acceptors (Lipinski definition) is 6. The number of rotatable bonds is 9. The highest BCUT2D eigenvalue weighted by atomic mass is 79.9. The third-order valence-electron chi connectivity index (χ3n) is 5.61. The minimum absolute atomic E-state index is 0. The highest BCUT2D eigenvalue weighted by Crippen LogP contribution is 2.40. The summed E-state index contributed by atoms with van der Waals surface area (Å²) in [4.78, 5) is 14.8. The predicted octanol–water partition coefficient (Wildman–Crippen LogP) is 5.63. The first-order valence-corrected chi connectivity index (χ1v) is 11.5. The molecular formula is C26H34BrFN2O5. The topological polar surface area (TPSA) is 92.1 Å². The molecule has 1 heterocycles. The van der Waals surface area contributed by atoms with E-state index in [1.165, 1.54) is 11.0 Å². The van der Waals surface area contributed by atoms with Crippen molar-refractivity contribution in [2.45, 2.75) is 53.5 Å². The zero-order valence-electron chi connectivity index (χ0n) is 21.1. The maximum Gasteiger partial charge on any atom is 0.197 e. The van der Waals surface area contributed by atoms with Crippen molar-refractivity contribution in [2.24, 2.45) is 0 Å². The van der Waals surface area contributed by atoms with Crippen LogP contribution in [-0.2, 0) is 12.0 Å². The number of benzene rings is 2. The van der Waals surface area contributed by atoms with Gasteiger partial charge in [0.05, 0.1) is 31.9 Å². The summed E-state index contributed by atoms with van der Waals surface area (Å²) in [6.07, 6.45) is 0. The maximum absolute atomic E-state index is 15.3. The standard InChI is InChI=1S/C26H33FN2O5.BrH/c1-7-32-19-11-15(10-17(23(19)31)26(4,5)6)18(30)14-29-13-16-12-20(33-8-2)24(34-9-3)22(27)21(16)25(29)28;/h10-12,28,31H,7-9,13-14H2,1-6H3;1H. The van der Waals surface area contributed by atoms with Crippen molar-refractivity contribution < 1.29 is 28.5 Å². The largest absolute Gasteiger partial charge is 0.504 e. The Bertz CT molecular complexity index is 1110.